The maximum atomic E-state index is 12.5. The number of hydrogen-bond acceptors (Lipinski definition) is 5. The Labute approximate surface area is 175 Å². The van der Waals surface area contributed by atoms with E-state index >= 15 is 0 Å². The molecule has 0 radical (unpaired) electrons. The summed E-state index contributed by atoms with van der Waals surface area (Å²) in [6.07, 6.45) is 0. The van der Waals surface area contributed by atoms with Crippen molar-refractivity contribution >= 4 is 23.5 Å². The van der Waals surface area contributed by atoms with Crippen LogP contribution in [0.5, 0.6) is 0 Å². The van der Waals surface area contributed by atoms with Gasteiger partial charge in [-0.3, -0.25) is 9.48 Å². The number of halogens is 1. The van der Waals surface area contributed by atoms with Gasteiger partial charge in [0.05, 0.1) is 24.0 Å². The van der Waals surface area contributed by atoms with Gasteiger partial charge in [-0.15, -0.1) is 0 Å². The number of aromatic nitrogens is 2. The number of amides is 1. The van der Waals surface area contributed by atoms with Crippen LogP contribution in [0.2, 0.25) is 5.02 Å². The first-order chi connectivity index (χ1) is 13.6. The van der Waals surface area contributed by atoms with Crippen LogP contribution >= 0.6 is 11.6 Å². The fourth-order valence-corrected chi connectivity index (χ4v) is 2.96. The highest BCUT2D eigenvalue weighted by Crippen LogP contribution is 2.20. The van der Waals surface area contributed by atoms with Gasteiger partial charge >= 0.3 is 5.97 Å². The van der Waals surface area contributed by atoms with Crippen molar-refractivity contribution in [2.24, 2.45) is 5.92 Å². The minimum absolute atomic E-state index is 0.0975. The Kier molecular flexibility index (Phi) is 7.04. The third-order valence-electron chi connectivity index (χ3n) is 4.98. The molecule has 0 aliphatic carbocycles. The molecule has 1 heterocycles. The summed E-state index contributed by atoms with van der Waals surface area (Å²) in [4.78, 5) is 24.7. The number of nitrogens with zero attached hydrogens (tertiary/aromatic N) is 3. The Morgan fingerprint density at radius 1 is 1.34 bits per heavy atom. The van der Waals surface area contributed by atoms with Crippen LogP contribution in [-0.4, -0.2) is 33.8 Å². The molecule has 0 fully saturated rings. The lowest BCUT2D eigenvalue weighted by atomic mass is 9.90. The number of benzene rings is 1. The molecule has 0 spiro atoms. The number of nitrogens with one attached hydrogen (secondary N) is 1. The Balaban J connectivity index is 2.08. The van der Waals surface area contributed by atoms with E-state index in [0.29, 0.717) is 28.5 Å². The molecule has 1 N–H and O–H groups in total. The average Bonchev–Trinajstić information content (AvgIpc) is 2.94. The lowest BCUT2D eigenvalue weighted by molar-refractivity contribution is -0.125. The van der Waals surface area contributed by atoms with E-state index in [1.807, 2.05) is 32.0 Å². The Hall–Kier alpha value is -2.85. The third-order valence-corrected chi connectivity index (χ3v) is 5.35. The summed E-state index contributed by atoms with van der Waals surface area (Å²) < 4.78 is 6.85. The number of carbonyl (C=O) groups excluding carboxylic acids is 2. The van der Waals surface area contributed by atoms with E-state index in [9.17, 15) is 14.9 Å². The number of esters is 1. The van der Waals surface area contributed by atoms with Gasteiger partial charge in [0.25, 0.3) is 5.91 Å². The van der Waals surface area contributed by atoms with Crippen LogP contribution in [0.25, 0.3) is 0 Å². The third kappa shape index (κ3) is 5.15. The molecule has 0 unspecified atom stereocenters. The summed E-state index contributed by atoms with van der Waals surface area (Å²) in [5, 5.41) is 16.9. The maximum absolute atomic E-state index is 12.5. The van der Waals surface area contributed by atoms with Gasteiger partial charge in [-0.2, -0.15) is 10.4 Å². The highest BCUT2D eigenvalue weighted by Gasteiger charge is 2.30. The van der Waals surface area contributed by atoms with Crippen molar-refractivity contribution in [2.45, 2.75) is 46.7 Å². The number of ether oxygens (including phenoxy) is 1. The SMILES string of the molecule is Cc1nn(Cc2ccccc2Cl)c(C)c1C(=O)OCC(=O)N[C@](C)(C#N)C(C)C. The largest absolute Gasteiger partial charge is 0.452 e. The smallest absolute Gasteiger partial charge is 0.342 e. The highest BCUT2D eigenvalue weighted by molar-refractivity contribution is 6.31. The zero-order valence-corrected chi connectivity index (χ0v) is 18.0. The molecule has 0 aliphatic rings. The van der Waals surface area contributed by atoms with Crippen LogP contribution in [0.1, 0.15) is 48.1 Å². The van der Waals surface area contributed by atoms with E-state index in [1.165, 1.54) is 0 Å². The van der Waals surface area contributed by atoms with E-state index in [2.05, 4.69) is 16.5 Å². The van der Waals surface area contributed by atoms with Crippen molar-refractivity contribution in [3.63, 3.8) is 0 Å². The molecular weight excluding hydrogens is 392 g/mol. The summed E-state index contributed by atoms with van der Waals surface area (Å²) in [6, 6.07) is 9.49. The summed E-state index contributed by atoms with van der Waals surface area (Å²) in [5.41, 5.74) is 1.29. The van der Waals surface area contributed by atoms with Crippen LogP contribution in [0.3, 0.4) is 0 Å². The predicted octanol–water partition coefficient (Wildman–Crippen LogP) is 3.41. The van der Waals surface area contributed by atoms with Gasteiger partial charge in [0.2, 0.25) is 0 Å². The molecule has 1 aromatic carbocycles. The van der Waals surface area contributed by atoms with Gasteiger partial charge in [-0.25, -0.2) is 4.79 Å². The lowest BCUT2D eigenvalue weighted by Crippen LogP contribution is -2.50. The minimum Gasteiger partial charge on any atom is -0.452 e. The zero-order chi connectivity index (χ0) is 21.8. The van der Waals surface area contributed by atoms with Gasteiger partial charge in [-0.05, 0) is 38.3 Å². The van der Waals surface area contributed by atoms with Gasteiger partial charge in [0.1, 0.15) is 11.1 Å². The second kappa shape index (κ2) is 9.10. The first-order valence-corrected chi connectivity index (χ1v) is 9.63. The number of aryl methyl sites for hydroxylation is 1. The molecule has 7 nitrogen and oxygen atoms in total. The number of hydrogen-bond donors (Lipinski definition) is 1. The van der Waals surface area contributed by atoms with Crippen LogP contribution < -0.4 is 5.32 Å². The topological polar surface area (TPSA) is 97.0 Å². The molecule has 1 atom stereocenters. The van der Waals surface area contributed by atoms with Crippen LogP contribution in [0.4, 0.5) is 0 Å². The van der Waals surface area contributed by atoms with Crippen LogP contribution in [0, 0.1) is 31.1 Å². The number of nitriles is 1. The molecule has 1 aromatic heterocycles. The van der Waals surface area contributed by atoms with Gasteiger partial charge < -0.3 is 10.1 Å². The van der Waals surface area contributed by atoms with E-state index in [-0.39, 0.29) is 5.92 Å². The molecular formula is C21H25ClN4O3. The molecule has 154 valence electrons. The standard InChI is InChI=1S/C21H25ClN4O3/c1-13(2)21(5,12-23)24-18(27)11-29-20(28)19-14(3)25-26(15(19)4)10-16-8-6-7-9-17(16)22/h6-9,13H,10-11H2,1-5H3,(H,24,27)/t21-/m1/s1. The van der Waals surface area contributed by atoms with Crippen molar-refractivity contribution in [3.8, 4) is 6.07 Å². The minimum atomic E-state index is -1.03. The second-order valence-electron chi connectivity index (χ2n) is 7.39. The molecule has 29 heavy (non-hydrogen) atoms. The van der Waals surface area contributed by atoms with Gasteiger partial charge in [0.15, 0.2) is 6.61 Å². The number of rotatable bonds is 7. The first-order valence-electron chi connectivity index (χ1n) is 9.25. The average molecular weight is 417 g/mol. The van der Waals surface area contributed by atoms with Gasteiger partial charge in [-0.1, -0.05) is 43.6 Å². The summed E-state index contributed by atoms with van der Waals surface area (Å²) in [6.45, 7) is 8.69. The van der Waals surface area contributed by atoms with Gasteiger partial charge in [0, 0.05) is 5.02 Å². The quantitative estimate of drug-likeness (QED) is 0.697. The van der Waals surface area contributed by atoms with E-state index in [0.717, 1.165) is 5.56 Å². The molecule has 1 amide bonds. The lowest BCUT2D eigenvalue weighted by Gasteiger charge is -2.27. The maximum Gasteiger partial charge on any atom is 0.342 e. The molecule has 0 aliphatic heterocycles. The van der Waals surface area contributed by atoms with Crippen molar-refractivity contribution in [2.75, 3.05) is 6.61 Å². The van der Waals surface area contributed by atoms with Crippen molar-refractivity contribution < 1.29 is 14.3 Å². The number of carbonyl (C=O) groups is 2. The summed E-state index contributed by atoms with van der Waals surface area (Å²) in [7, 11) is 0. The van der Waals surface area contributed by atoms with E-state index in [4.69, 9.17) is 16.3 Å². The fraction of sp³-hybridized carbons (Fsp3) is 0.429. The summed E-state index contributed by atoms with van der Waals surface area (Å²) in [5.74, 6) is -1.27. The van der Waals surface area contributed by atoms with E-state index < -0.39 is 24.0 Å². The first kappa shape index (κ1) is 22.4. The molecule has 2 aromatic rings. The van der Waals surface area contributed by atoms with Crippen molar-refractivity contribution in [3.05, 3.63) is 51.8 Å². The molecule has 0 saturated heterocycles. The van der Waals surface area contributed by atoms with Crippen molar-refractivity contribution in [1.82, 2.24) is 15.1 Å². The fourth-order valence-electron chi connectivity index (χ4n) is 2.76. The molecule has 8 heteroatoms. The zero-order valence-electron chi connectivity index (χ0n) is 17.2. The van der Waals surface area contributed by atoms with Crippen molar-refractivity contribution in [1.29, 1.82) is 5.26 Å². The van der Waals surface area contributed by atoms with Crippen LogP contribution in [0.15, 0.2) is 24.3 Å². The summed E-state index contributed by atoms with van der Waals surface area (Å²) >= 11 is 6.21. The normalized spacial score (nSPS) is 12.9. The second-order valence-corrected chi connectivity index (χ2v) is 7.80. The predicted molar refractivity (Wildman–Crippen MR) is 110 cm³/mol. The Morgan fingerprint density at radius 3 is 2.59 bits per heavy atom. The monoisotopic (exact) mass is 416 g/mol. The van der Waals surface area contributed by atoms with Crippen LogP contribution in [-0.2, 0) is 16.1 Å². The molecule has 0 saturated carbocycles. The highest BCUT2D eigenvalue weighted by atomic mass is 35.5. The van der Waals surface area contributed by atoms with E-state index in [1.54, 1.807) is 31.5 Å². The Bertz CT molecular complexity index is 961. The molecule has 0 bridgehead atoms. The molecule has 2 rings (SSSR count). The Morgan fingerprint density at radius 2 is 2.00 bits per heavy atom.